The van der Waals surface area contributed by atoms with E-state index in [9.17, 15) is 4.79 Å². The second-order valence-corrected chi connectivity index (χ2v) is 5.30. The second-order valence-electron chi connectivity index (χ2n) is 5.30. The van der Waals surface area contributed by atoms with Gasteiger partial charge in [0.2, 0.25) is 0 Å². The number of ether oxygens (including phenoxy) is 1. The fourth-order valence-corrected chi connectivity index (χ4v) is 3.10. The molecule has 1 saturated carbocycles. The number of hydrogen-bond donors (Lipinski definition) is 1. The van der Waals surface area contributed by atoms with Crippen molar-refractivity contribution in [3.63, 3.8) is 0 Å². The maximum Gasteiger partial charge on any atom is 0.153 e. The SMILES string of the molecule is CNc1c(CC2CCCCC2)ccc(C=O)c1OC. The Hall–Kier alpha value is -1.51. The van der Waals surface area contributed by atoms with Gasteiger partial charge in [-0.25, -0.2) is 0 Å². The van der Waals surface area contributed by atoms with E-state index in [1.165, 1.54) is 37.7 Å². The van der Waals surface area contributed by atoms with Gasteiger partial charge in [-0.1, -0.05) is 38.2 Å². The summed E-state index contributed by atoms with van der Waals surface area (Å²) in [5.41, 5.74) is 2.84. The molecule has 1 aliphatic rings. The third-order valence-corrected chi connectivity index (χ3v) is 4.09. The number of benzene rings is 1. The highest BCUT2D eigenvalue weighted by atomic mass is 16.5. The summed E-state index contributed by atoms with van der Waals surface area (Å²) in [5.74, 6) is 1.44. The van der Waals surface area contributed by atoms with Crippen molar-refractivity contribution in [1.29, 1.82) is 0 Å². The summed E-state index contributed by atoms with van der Waals surface area (Å²) >= 11 is 0. The van der Waals surface area contributed by atoms with Crippen molar-refractivity contribution in [2.24, 2.45) is 5.92 Å². The highest BCUT2D eigenvalue weighted by Gasteiger charge is 2.18. The summed E-state index contributed by atoms with van der Waals surface area (Å²) in [4.78, 5) is 11.0. The molecule has 1 N–H and O–H groups in total. The van der Waals surface area contributed by atoms with E-state index in [0.29, 0.717) is 11.3 Å². The fraction of sp³-hybridized carbons (Fsp3) is 0.562. The second kappa shape index (κ2) is 6.60. The lowest BCUT2D eigenvalue weighted by Crippen LogP contribution is -2.11. The molecular formula is C16H23NO2. The van der Waals surface area contributed by atoms with E-state index in [0.717, 1.165) is 24.3 Å². The van der Waals surface area contributed by atoms with E-state index in [1.54, 1.807) is 7.11 Å². The Bertz CT molecular complexity index is 437. The Kier molecular flexibility index (Phi) is 4.83. The van der Waals surface area contributed by atoms with E-state index in [1.807, 2.05) is 13.1 Å². The molecule has 0 aliphatic heterocycles. The molecule has 0 unspecified atom stereocenters. The molecule has 1 fully saturated rings. The van der Waals surface area contributed by atoms with Gasteiger partial charge in [-0.3, -0.25) is 4.79 Å². The Morgan fingerprint density at radius 2 is 2.05 bits per heavy atom. The average Bonchev–Trinajstić information content (AvgIpc) is 2.47. The molecule has 0 spiro atoms. The van der Waals surface area contributed by atoms with Crippen LogP contribution in [0.2, 0.25) is 0 Å². The van der Waals surface area contributed by atoms with Gasteiger partial charge in [0.05, 0.1) is 18.4 Å². The number of carbonyl (C=O) groups excluding carboxylic acids is 1. The molecule has 0 heterocycles. The smallest absolute Gasteiger partial charge is 0.153 e. The van der Waals surface area contributed by atoms with Crippen molar-refractivity contribution >= 4 is 12.0 Å². The zero-order chi connectivity index (χ0) is 13.7. The summed E-state index contributed by atoms with van der Waals surface area (Å²) in [6.07, 6.45) is 8.65. The van der Waals surface area contributed by atoms with Crippen molar-refractivity contribution in [3.8, 4) is 5.75 Å². The van der Waals surface area contributed by atoms with Crippen LogP contribution in [0.1, 0.15) is 48.0 Å². The number of nitrogens with one attached hydrogen (secondary N) is 1. The zero-order valence-corrected chi connectivity index (χ0v) is 11.9. The first-order valence-electron chi connectivity index (χ1n) is 7.13. The first-order chi connectivity index (χ1) is 9.30. The predicted molar refractivity (Wildman–Crippen MR) is 78.2 cm³/mol. The van der Waals surface area contributed by atoms with Crippen molar-refractivity contribution in [2.45, 2.75) is 38.5 Å². The number of carbonyl (C=O) groups is 1. The third kappa shape index (κ3) is 3.09. The lowest BCUT2D eigenvalue weighted by Gasteiger charge is -2.23. The van der Waals surface area contributed by atoms with Crippen LogP contribution in [-0.2, 0) is 6.42 Å². The van der Waals surface area contributed by atoms with Crippen LogP contribution in [-0.4, -0.2) is 20.4 Å². The molecule has 0 atom stereocenters. The highest BCUT2D eigenvalue weighted by Crippen LogP contribution is 2.35. The molecule has 1 aliphatic carbocycles. The Morgan fingerprint density at radius 3 is 2.63 bits per heavy atom. The first kappa shape index (κ1) is 13.9. The summed E-state index contributed by atoms with van der Waals surface area (Å²) in [7, 11) is 3.50. The molecule has 104 valence electrons. The molecule has 0 amide bonds. The molecule has 0 radical (unpaired) electrons. The van der Waals surface area contributed by atoms with Gasteiger partial charge in [0.25, 0.3) is 0 Å². The van der Waals surface area contributed by atoms with Crippen molar-refractivity contribution in [1.82, 2.24) is 0 Å². The Labute approximate surface area is 115 Å². The molecule has 19 heavy (non-hydrogen) atoms. The summed E-state index contributed by atoms with van der Waals surface area (Å²) in [5, 5.41) is 3.20. The van der Waals surface area contributed by atoms with Crippen LogP contribution >= 0.6 is 0 Å². The summed E-state index contributed by atoms with van der Waals surface area (Å²) in [6.45, 7) is 0. The van der Waals surface area contributed by atoms with Crippen LogP contribution in [0.5, 0.6) is 5.75 Å². The third-order valence-electron chi connectivity index (χ3n) is 4.09. The van der Waals surface area contributed by atoms with Crippen molar-refractivity contribution < 1.29 is 9.53 Å². The van der Waals surface area contributed by atoms with Gasteiger partial charge in [0, 0.05) is 7.05 Å². The van der Waals surface area contributed by atoms with Crippen LogP contribution in [0.15, 0.2) is 12.1 Å². The number of anilines is 1. The lowest BCUT2D eigenvalue weighted by atomic mass is 9.84. The maximum absolute atomic E-state index is 11.0. The minimum Gasteiger partial charge on any atom is -0.494 e. The van der Waals surface area contributed by atoms with Crippen molar-refractivity contribution in [2.75, 3.05) is 19.5 Å². The Morgan fingerprint density at radius 1 is 1.32 bits per heavy atom. The van der Waals surface area contributed by atoms with E-state index in [2.05, 4.69) is 11.4 Å². The summed E-state index contributed by atoms with van der Waals surface area (Å²) in [6, 6.07) is 3.93. The molecule has 2 rings (SSSR count). The lowest BCUT2D eigenvalue weighted by molar-refractivity contribution is 0.112. The minimum absolute atomic E-state index is 0.610. The fourth-order valence-electron chi connectivity index (χ4n) is 3.10. The molecule has 3 heteroatoms. The standard InChI is InChI=1S/C16H23NO2/c1-17-15-13(10-12-6-4-3-5-7-12)8-9-14(11-18)16(15)19-2/h8-9,11-12,17H,3-7,10H2,1-2H3. The molecule has 0 aromatic heterocycles. The number of rotatable bonds is 5. The molecule has 3 nitrogen and oxygen atoms in total. The zero-order valence-electron chi connectivity index (χ0n) is 11.9. The first-order valence-corrected chi connectivity index (χ1v) is 7.13. The minimum atomic E-state index is 0.610. The molecule has 0 bridgehead atoms. The van der Waals surface area contributed by atoms with Crippen molar-refractivity contribution in [3.05, 3.63) is 23.3 Å². The van der Waals surface area contributed by atoms with Gasteiger partial charge in [-0.15, -0.1) is 0 Å². The average molecular weight is 261 g/mol. The van der Waals surface area contributed by atoms with Gasteiger partial charge in [0.15, 0.2) is 12.0 Å². The van der Waals surface area contributed by atoms with Crippen LogP contribution in [0.25, 0.3) is 0 Å². The highest BCUT2D eigenvalue weighted by molar-refractivity contribution is 5.85. The normalized spacial score (nSPS) is 16.1. The number of methoxy groups -OCH3 is 1. The van der Waals surface area contributed by atoms with E-state index in [4.69, 9.17) is 4.74 Å². The monoisotopic (exact) mass is 261 g/mol. The van der Waals surface area contributed by atoms with Gasteiger partial charge >= 0.3 is 0 Å². The predicted octanol–water partition coefficient (Wildman–Crippen LogP) is 3.67. The Balaban J connectivity index is 2.26. The van der Waals surface area contributed by atoms with Crippen LogP contribution in [0.4, 0.5) is 5.69 Å². The number of aldehydes is 1. The largest absolute Gasteiger partial charge is 0.494 e. The van der Waals surface area contributed by atoms with Crippen LogP contribution in [0, 0.1) is 5.92 Å². The van der Waals surface area contributed by atoms with Crippen LogP contribution in [0.3, 0.4) is 0 Å². The van der Waals surface area contributed by atoms with E-state index in [-0.39, 0.29) is 0 Å². The summed E-state index contributed by atoms with van der Waals surface area (Å²) < 4.78 is 5.39. The quantitative estimate of drug-likeness (QED) is 0.822. The van der Waals surface area contributed by atoms with Gasteiger partial charge in [-0.05, 0) is 24.0 Å². The van der Waals surface area contributed by atoms with Crippen LogP contribution < -0.4 is 10.1 Å². The number of hydrogen-bond acceptors (Lipinski definition) is 3. The topological polar surface area (TPSA) is 38.3 Å². The molecule has 0 saturated heterocycles. The maximum atomic E-state index is 11.0. The molecular weight excluding hydrogens is 238 g/mol. The van der Waals surface area contributed by atoms with Gasteiger partial charge in [0.1, 0.15) is 0 Å². The van der Waals surface area contributed by atoms with E-state index >= 15 is 0 Å². The van der Waals surface area contributed by atoms with Gasteiger partial charge in [-0.2, -0.15) is 0 Å². The van der Waals surface area contributed by atoms with E-state index < -0.39 is 0 Å². The molecule has 1 aromatic rings. The molecule has 1 aromatic carbocycles. The van der Waals surface area contributed by atoms with Gasteiger partial charge < -0.3 is 10.1 Å².